The second-order valence-electron chi connectivity index (χ2n) is 8.71. The molecule has 37 heavy (non-hydrogen) atoms. The van der Waals surface area contributed by atoms with Crippen molar-refractivity contribution in [2.24, 2.45) is 0 Å². The fourth-order valence-corrected chi connectivity index (χ4v) is 4.01. The maximum atomic E-state index is 12.6. The summed E-state index contributed by atoms with van der Waals surface area (Å²) in [5.74, 6) is 1.39. The van der Waals surface area contributed by atoms with Crippen LogP contribution in [-0.2, 0) is 6.54 Å². The van der Waals surface area contributed by atoms with Crippen molar-refractivity contribution in [3.05, 3.63) is 76.6 Å². The molecular weight excluding hydrogens is 494 g/mol. The molecule has 3 amide bonds. The number of hydrogen-bond donors (Lipinski definition) is 4. The molecule has 0 aliphatic carbocycles. The van der Waals surface area contributed by atoms with Crippen LogP contribution < -0.4 is 30.7 Å². The summed E-state index contributed by atoms with van der Waals surface area (Å²) in [5.41, 5.74) is 2.55. The first-order valence-electron chi connectivity index (χ1n) is 12.1. The van der Waals surface area contributed by atoms with Crippen molar-refractivity contribution in [2.45, 2.75) is 32.4 Å². The molecule has 4 N–H and O–H groups in total. The molecule has 1 aromatic heterocycles. The topological polar surface area (TPSA) is 114 Å². The molecule has 10 heteroatoms. The number of carbonyl (C=O) groups is 2. The molecule has 1 unspecified atom stereocenters. The van der Waals surface area contributed by atoms with E-state index in [1.807, 2.05) is 25.1 Å². The number of ether oxygens (including phenoxy) is 2. The van der Waals surface area contributed by atoms with Gasteiger partial charge in [-0.3, -0.25) is 9.78 Å². The average molecular weight is 524 g/mol. The third kappa shape index (κ3) is 7.34. The number of carbonyl (C=O) groups excluding carboxylic acids is 2. The average Bonchev–Trinajstić information content (AvgIpc) is 3.43. The highest BCUT2D eigenvalue weighted by atomic mass is 35.5. The summed E-state index contributed by atoms with van der Waals surface area (Å²) in [7, 11) is 1.54. The molecule has 0 spiro atoms. The van der Waals surface area contributed by atoms with Crippen LogP contribution in [0.25, 0.3) is 0 Å². The van der Waals surface area contributed by atoms with Crippen LogP contribution in [0.1, 0.15) is 34.5 Å². The lowest BCUT2D eigenvalue weighted by Crippen LogP contribution is -2.30. The zero-order valence-electron chi connectivity index (χ0n) is 20.8. The minimum absolute atomic E-state index is 0.269. The van der Waals surface area contributed by atoms with E-state index in [1.165, 1.54) is 6.20 Å². The molecule has 9 nitrogen and oxygen atoms in total. The molecule has 0 bridgehead atoms. The normalized spacial score (nSPS) is 14.6. The minimum atomic E-state index is -0.373. The van der Waals surface area contributed by atoms with Crippen LogP contribution in [-0.4, -0.2) is 43.2 Å². The SMILES string of the molecule is CNC(=O)c1cc(Oc2ccc(CNC(=O)Nc3cc(Cl)c(C)cc3OCC3CCCN3)cc2)ccn1. The number of halogens is 1. The summed E-state index contributed by atoms with van der Waals surface area (Å²) < 4.78 is 11.8. The Morgan fingerprint density at radius 3 is 2.68 bits per heavy atom. The molecule has 0 radical (unpaired) electrons. The molecule has 194 valence electrons. The van der Waals surface area contributed by atoms with Gasteiger partial charge in [0.25, 0.3) is 5.91 Å². The van der Waals surface area contributed by atoms with Crippen molar-refractivity contribution in [1.29, 1.82) is 0 Å². The summed E-state index contributed by atoms with van der Waals surface area (Å²) >= 11 is 6.30. The number of anilines is 1. The van der Waals surface area contributed by atoms with Crippen molar-refractivity contribution in [2.75, 3.05) is 25.5 Å². The van der Waals surface area contributed by atoms with E-state index in [1.54, 1.807) is 37.4 Å². The highest BCUT2D eigenvalue weighted by molar-refractivity contribution is 6.31. The lowest BCUT2D eigenvalue weighted by atomic mass is 10.2. The predicted molar refractivity (Wildman–Crippen MR) is 143 cm³/mol. The van der Waals surface area contributed by atoms with Gasteiger partial charge in [0, 0.05) is 36.9 Å². The molecular formula is C27H30ClN5O4. The Kier molecular flexibility index (Phi) is 8.81. The minimum Gasteiger partial charge on any atom is -0.490 e. The summed E-state index contributed by atoms with van der Waals surface area (Å²) in [4.78, 5) is 28.4. The number of hydrogen-bond acceptors (Lipinski definition) is 6. The van der Waals surface area contributed by atoms with E-state index in [-0.39, 0.29) is 17.6 Å². The summed E-state index contributed by atoms with van der Waals surface area (Å²) in [5, 5.41) is 12.2. The maximum Gasteiger partial charge on any atom is 0.319 e. The number of aryl methyl sites for hydroxylation is 1. The summed E-state index contributed by atoms with van der Waals surface area (Å²) in [6.07, 6.45) is 3.72. The number of nitrogens with one attached hydrogen (secondary N) is 4. The van der Waals surface area contributed by atoms with Gasteiger partial charge >= 0.3 is 6.03 Å². The molecule has 2 heterocycles. The van der Waals surface area contributed by atoms with Crippen LogP contribution >= 0.6 is 11.6 Å². The molecule has 1 aliphatic heterocycles. The molecule has 0 saturated carbocycles. The molecule has 2 aromatic carbocycles. The number of amides is 3. The van der Waals surface area contributed by atoms with Gasteiger partial charge in [0.1, 0.15) is 29.5 Å². The molecule has 1 aliphatic rings. The van der Waals surface area contributed by atoms with Gasteiger partial charge in [-0.05, 0) is 67.8 Å². The fourth-order valence-electron chi connectivity index (χ4n) is 3.85. The molecule has 1 saturated heterocycles. The number of nitrogens with zero attached hydrogens (tertiary/aromatic N) is 1. The van der Waals surface area contributed by atoms with Crippen molar-refractivity contribution in [1.82, 2.24) is 20.9 Å². The Morgan fingerprint density at radius 1 is 1.14 bits per heavy atom. The van der Waals surface area contributed by atoms with Gasteiger partial charge in [-0.1, -0.05) is 23.7 Å². The van der Waals surface area contributed by atoms with Gasteiger partial charge in [-0.2, -0.15) is 0 Å². The lowest BCUT2D eigenvalue weighted by Gasteiger charge is -2.17. The van der Waals surface area contributed by atoms with Gasteiger partial charge in [0.15, 0.2) is 0 Å². The third-order valence-corrected chi connectivity index (χ3v) is 6.32. The van der Waals surface area contributed by atoms with Crippen LogP contribution in [0.15, 0.2) is 54.7 Å². The monoisotopic (exact) mass is 523 g/mol. The zero-order valence-corrected chi connectivity index (χ0v) is 21.5. The van der Waals surface area contributed by atoms with E-state index in [0.717, 1.165) is 30.5 Å². The number of rotatable bonds is 9. The van der Waals surface area contributed by atoms with Crippen LogP contribution in [0.5, 0.6) is 17.2 Å². The number of benzene rings is 2. The number of aromatic nitrogens is 1. The molecule has 1 atom stereocenters. The van der Waals surface area contributed by atoms with Crippen LogP contribution in [0.3, 0.4) is 0 Å². The van der Waals surface area contributed by atoms with Gasteiger partial charge in [-0.25, -0.2) is 4.79 Å². The Balaban J connectivity index is 1.32. The first-order valence-corrected chi connectivity index (χ1v) is 12.4. The maximum absolute atomic E-state index is 12.6. The standard InChI is InChI=1S/C27H30ClN5O4/c1-17-12-25(36-16-19-4-3-10-30-19)23(14-22(17)28)33-27(35)32-15-18-5-7-20(8-6-18)37-21-9-11-31-24(13-21)26(34)29-2/h5-9,11-14,19,30H,3-4,10,15-16H2,1-2H3,(H,29,34)(H2,32,33,35). The first-order chi connectivity index (χ1) is 17.9. The third-order valence-electron chi connectivity index (χ3n) is 5.91. The highest BCUT2D eigenvalue weighted by Crippen LogP contribution is 2.31. The molecule has 1 fully saturated rings. The number of urea groups is 1. The van der Waals surface area contributed by atoms with E-state index < -0.39 is 0 Å². The van der Waals surface area contributed by atoms with Crippen molar-refractivity contribution < 1.29 is 19.1 Å². The van der Waals surface area contributed by atoms with E-state index >= 15 is 0 Å². The fraction of sp³-hybridized carbons (Fsp3) is 0.296. The van der Waals surface area contributed by atoms with Crippen molar-refractivity contribution in [3.8, 4) is 17.2 Å². The van der Waals surface area contributed by atoms with Gasteiger partial charge < -0.3 is 30.7 Å². The Bertz CT molecular complexity index is 1250. The summed E-state index contributed by atoms with van der Waals surface area (Å²) in [6.45, 7) is 3.73. The van der Waals surface area contributed by atoms with Crippen molar-refractivity contribution >= 4 is 29.2 Å². The smallest absolute Gasteiger partial charge is 0.319 e. The van der Waals surface area contributed by atoms with E-state index in [9.17, 15) is 9.59 Å². The predicted octanol–water partition coefficient (Wildman–Crippen LogP) is 4.65. The van der Waals surface area contributed by atoms with Gasteiger partial charge in [0.05, 0.1) is 5.69 Å². The second-order valence-corrected chi connectivity index (χ2v) is 9.12. The van der Waals surface area contributed by atoms with Crippen LogP contribution in [0.2, 0.25) is 5.02 Å². The summed E-state index contributed by atoms with van der Waals surface area (Å²) in [6, 6.07) is 14.0. The first kappa shape index (κ1) is 26.2. The Labute approximate surface area is 220 Å². The van der Waals surface area contributed by atoms with Gasteiger partial charge in [-0.15, -0.1) is 0 Å². The molecule has 3 aromatic rings. The van der Waals surface area contributed by atoms with Crippen LogP contribution in [0.4, 0.5) is 10.5 Å². The second kappa shape index (κ2) is 12.4. The molecule has 4 rings (SSSR count). The number of pyridine rings is 1. The zero-order chi connectivity index (χ0) is 26.2. The largest absolute Gasteiger partial charge is 0.490 e. The van der Waals surface area contributed by atoms with Gasteiger partial charge in [0.2, 0.25) is 0 Å². The van der Waals surface area contributed by atoms with Crippen LogP contribution in [0, 0.1) is 6.92 Å². The quantitative estimate of drug-likeness (QED) is 0.325. The van der Waals surface area contributed by atoms with Crippen molar-refractivity contribution in [3.63, 3.8) is 0 Å². The van der Waals surface area contributed by atoms with E-state index in [0.29, 0.717) is 47.2 Å². The Morgan fingerprint density at radius 2 is 1.95 bits per heavy atom. The Hall–Kier alpha value is -3.82. The lowest BCUT2D eigenvalue weighted by molar-refractivity contribution is 0.0957. The van der Waals surface area contributed by atoms with E-state index in [4.69, 9.17) is 21.1 Å². The highest BCUT2D eigenvalue weighted by Gasteiger charge is 2.17. The van der Waals surface area contributed by atoms with E-state index in [2.05, 4.69) is 26.3 Å².